The molecule has 3 rings (SSSR count). The molecule has 0 aliphatic carbocycles. The Kier molecular flexibility index (Phi) is 6.62. The Morgan fingerprint density at radius 2 is 1.84 bits per heavy atom. The molecule has 9 heteroatoms. The summed E-state index contributed by atoms with van der Waals surface area (Å²) in [6, 6.07) is 14.1. The van der Waals surface area contributed by atoms with E-state index in [0.29, 0.717) is 6.42 Å². The molecule has 3 aromatic rings. The minimum atomic E-state index is -4.49. The third-order valence-electron chi connectivity index (χ3n) is 5.04. The number of amides is 1. The van der Waals surface area contributed by atoms with Gasteiger partial charge in [-0.3, -0.25) is 9.36 Å². The lowest BCUT2D eigenvalue weighted by Crippen LogP contribution is -2.34. The molecular weight excluding hydrogens is 409 g/mol. The van der Waals surface area contributed by atoms with Crippen molar-refractivity contribution >= 4 is 5.91 Å². The van der Waals surface area contributed by atoms with Crippen LogP contribution in [0.15, 0.2) is 59.4 Å². The molecule has 1 heterocycles. The summed E-state index contributed by atoms with van der Waals surface area (Å²) in [7, 11) is 1.45. The molecule has 1 amide bonds. The van der Waals surface area contributed by atoms with E-state index in [9.17, 15) is 22.8 Å². The Balaban J connectivity index is 1.71. The first-order valence-corrected chi connectivity index (χ1v) is 9.86. The van der Waals surface area contributed by atoms with E-state index in [2.05, 4.69) is 10.4 Å². The van der Waals surface area contributed by atoms with Crippen molar-refractivity contribution in [3.63, 3.8) is 0 Å². The van der Waals surface area contributed by atoms with Gasteiger partial charge in [0.25, 0.3) is 0 Å². The zero-order chi connectivity index (χ0) is 22.6. The van der Waals surface area contributed by atoms with E-state index in [-0.39, 0.29) is 36.3 Å². The number of halogens is 3. The highest BCUT2D eigenvalue weighted by atomic mass is 19.4. The van der Waals surface area contributed by atoms with Gasteiger partial charge in [-0.05, 0) is 24.1 Å². The van der Waals surface area contributed by atoms with E-state index in [4.69, 9.17) is 0 Å². The summed E-state index contributed by atoms with van der Waals surface area (Å²) in [4.78, 5) is 25.0. The molecule has 0 fully saturated rings. The number of carbonyl (C=O) groups is 1. The van der Waals surface area contributed by atoms with Crippen molar-refractivity contribution in [2.75, 3.05) is 6.54 Å². The lowest BCUT2D eigenvalue weighted by Gasteiger charge is -2.15. The highest BCUT2D eigenvalue weighted by Gasteiger charge is 2.31. The third-order valence-corrected chi connectivity index (χ3v) is 5.04. The molecule has 0 aliphatic rings. The van der Waals surface area contributed by atoms with Crippen molar-refractivity contribution < 1.29 is 18.0 Å². The van der Waals surface area contributed by atoms with Crippen LogP contribution < -0.4 is 11.0 Å². The summed E-state index contributed by atoms with van der Waals surface area (Å²) >= 11 is 0. The zero-order valence-corrected chi connectivity index (χ0v) is 17.2. The molecule has 1 unspecified atom stereocenters. The fourth-order valence-corrected chi connectivity index (χ4v) is 3.39. The summed E-state index contributed by atoms with van der Waals surface area (Å²) < 4.78 is 41.3. The number of carbonyl (C=O) groups excluding carboxylic acids is 1. The van der Waals surface area contributed by atoms with Gasteiger partial charge in [0, 0.05) is 19.2 Å². The Morgan fingerprint density at radius 3 is 2.48 bits per heavy atom. The molecule has 6 nitrogen and oxygen atoms in total. The predicted molar refractivity (Wildman–Crippen MR) is 110 cm³/mol. The van der Waals surface area contributed by atoms with Crippen LogP contribution in [0.3, 0.4) is 0 Å². The molecule has 1 atom stereocenters. The van der Waals surface area contributed by atoms with E-state index >= 15 is 0 Å². The second-order valence-electron chi connectivity index (χ2n) is 7.13. The molecule has 1 aromatic heterocycles. The molecule has 0 radical (unpaired) electrons. The van der Waals surface area contributed by atoms with E-state index in [1.165, 1.54) is 23.7 Å². The average Bonchev–Trinajstić information content (AvgIpc) is 3.03. The standard InChI is InChI=1S/C22H23F3N4O2/c1-3-18(15-8-5-4-6-9-15)20(30)26-12-13-29-21(31)28(2)19(27-29)16-10-7-11-17(14-16)22(23,24)25/h4-11,14,18H,3,12-13H2,1-2H3,(H,26,30). The van der Waals surface area contributed by atoms with Gasteiger partial charge in [-0.15, -0.1) is 5.10 Å². The van der Waals surface area contributed by atoms with Crippen LogP contribution in [0, 0.1) is 0 Å². The normalized spacial score (nSPS) is 12.5. The molecule has 1 N–H and O–H groups in total. The maximum Gasteiger partial charge on any atom is 0.416 e. The van der Waals surface area contributed by atoms with Gasteiger partial charge in [0.2, 0.25) is 5.91 Å². The second kappa shape index (κ2) is 9.20. The van der Waals surface area contributed by atoms with E-state index in [1.54, 1.807) is 0 Å². The van der Waals surface area contributed by atoms with E-state index in [0.717, 1.165) is 22.4 Å². The molecule has 31 heavy (non-hydrogen) atoms. The van der Waals surface area contributed by atoms with Gasteiger partial charge in [-0.2, -0.15) is 13.2 Å². The van der Waals surface area contributed by atoms with Crippen LogP contribution in [-0.4, -0.2) is 26.8 Å². The van der Waals surface area contributed by atoms with Gasteiger partial charge >= 0.3 is 11.9 Å². The predicted octanol–water partition coefficient (Wildman–Crippen LogP) is 3.58. The molecule has 2 aromatic carbocycles. The van der Waals surface area contributed by atoms with Crippen LogP contribution in [0.4, 0.5) is 13.2 Å². The first-order valence-electron chi connectivity index (χ1n) is 9.86. The minimum Gasteiger partial charge on any atom is -0.354 e. The quantitative estimate of drug-likeness (QED) is 0.621. The van der Waals surface area contributed by atoms with Crippen molar-refractivity contribution in [3.05, 3.63) is 76.2 Å². The fourth-order valence-electron chi connectivity index (χ4n) is 3.39. The van der Waals surface area contributed by atoms with Gasteiger partial charge < -0.3 is 5.32 Å². The molecule has 0 saturated carbocycles. The smallest absolute Gasteiger partial charge is 0.354 e. The highest BCUT2D eigenvalue weighted by molar-refractivity contribution is 5.83. The topological polar surface area (TPSA) is 68.9 Å². The molecule has 0 bridgehead atoms. The van der Waals surface area contributed by atoms with Gasteiger partial charge in [0.15, 0.2) is 5.82 Å². The lowest BCUT2D eigenvalue weighted by molar-refractivity contribution is -0.137. The lowest BCUT2D eigenvalue weighted by atomic mass is 9.96. The van der Waals surface area contributed by atoms with Gasteiger partial charge in [-0.25, -0.2) is 9.48 Å². The van der Waals surface area contributed by atoms with E-state index < -0.39 is 17.4 Å². The fraction of sp³-hybridized carbons (Fsp3) is 0.318. The Hall–Kier alpha value is -3.36. The van der Waals surface area contributed by atoms with Crippen LogP contribution in [0.5, 0.6) is 0 Å². The van der Waals surface area contributed by atoms with Gasteiger partial charge in [0.1, 0.15) is 0 Å². The summed E-state index contributed by atoms with van der Waals surface area (Å²) in [5.74, 6) is -0.337. The number of aromatic nitrogens is 3. The van der Waals surface area contributed by atoms with Crippen LogP contribution in [0.1, 0.15) is 30.4 Å². The van der Waals surface area contributed by atoms with Crippen molar-refractivity contribution in [3.8, 4) is 11.4 Å². The number of hydrogen-bond acceptors (Lipinski definition) is 3. The molecule has 164 valence electrons. The molecule has 0 aliphatic heterocycles. The third kappa shape index (κ3) is 5.04. The number of alkyl halides is 3. The van der Waals surface area contributed by atoms with Gasteiger partial charge in [-0.1, -0.05) is 49.4 Å². The maximum absolute atomic E-state index is 13.0. The van der Waals surface area contributed by atoms with Crippen molar-refractivity contribution in [1.82, 2.24) is 19.7 Å². The Labute approximate surface area is 177 Å². The summed E-state index contributed by atoms with van der Waals surface area (Å²) in [5, 5.41) is 6.98. The Bertz CT molecular complexity index is 1100. The Morgan fingerprint density at radius 1 is 1.13 bits per heavy atom. The summed E-state index contributed by atoms with van der Waals surface area (Å²) in [6.45, 7) is 2.19. The number of rotatable bonds is 7. The van der Waals surface area contributed by atoms with Crippen molar-refractivity contribution in [2.45, 2.75) is 32.0 Å². The number of benzene rings is 2. The maximum atomic E-state index is 13.0. The first-order chi connectivity index (χ1) is 14.7. The largest absolute Gasteiger partial charge is 0.416 e. The SMILES string of the molecule is CCC(C(=O)NCCn1nc(-c2cccc(C(F)(F)F)c2)n(C)c1=O)c1ccccc1. The first kappa shape index (κ1) is 22.3. The van der Waals surface area contributed by atoms with Crippen LogP contribution in [0.25, 0.3) is 11.4 Å². The highest BCUT2D eigenvalue weighted by Crippen LogP contribution is 2.31. The number of nitrogens with one attached hydrogen (secondary N) is 1. The number of hydrogen-bond donors (Lipinski definition) is 1. The van der Waals surface area contributed by atoms with E-state index in [1.807, 2.05) is 37.3 Å². The molecule has 0 saturated heterocycles. The van der Waals surface area contributed by atoms with Crippen LogP contribution >= 0.6 is 0 Å². The zero-order valence-electron chi connectivity index (χ0n) is 17.2. The molecule has 0 spiro atoms. The number of nitrogens with zero attached hydrogens (tertiary/aromatic N) is 3. The van der Waals surface area contributed by atoms with Crippen molar-refractivity contribution in [1.29, 1.82) is 0 Å². The van der Waals surface area contributed by atoms with Crippen LogP contribution in [0.2, 0.25) is 0 Å². The second-order valence-corrected chi connectivity index (χ2v) is 7.13. The summed E-state index contributed by atoms with van der Waals surface area (Å²) in [6.07, 6.45) is -3.87. The minimum absolute atomic E-state index is 0.0998. The monoisotopic (exact) mass is 432 g/mol. The van der Waals surface area contributed by atoms with Crippen molar-refractivity contribution in [2.24, 2.45) is 7.05 Å². The average molecular weight is 432 g/mol. The summed E-state index contributed by atoms with van der Waals surface area (Å²) in [5.41, 5.74) is -0.195. The van der Waals surface area contributed by atoms with Gasteiger partial charge in [0.05, 0.1) is 18.0 Å². The van der Waals surface area contributed by atoms with Crippen LogP contribution in [-0.2, 0) is 24.6 Å². The molecular formula is C22H23F3N4O2.